The lowest BCUT2D eigenvalue weighted by molar-refractivity contribution is -0.251. The van der Waals surface area contributed by atoms with Gasteiger partial charge in [-0.1, -0.05) is 0 Å². The van der Waals surface area contributed by atoms with Crippen molar-refractivity contribution in [1.29, 1.82) is 0 Å². The van der Waals surface area contributed by atoms with E-state index in [2.05, 4.69) is 0 Å². The molecule has 0 saturated carbocycles. The van der Waals surface area contributed by atoms with Crippen molar-refractivity contribution in [2.45, 2.75) is 67.5 Å². The maximum atomic E-state index is 10.2. The molecule has 0 aromatic rings. The van der Waals surface area contributed by atoms with E-state index in [1.165, 1.54) is 0 Å². The molecule has 0 aliphatic carbocycles. The van der Waals surface area contributed by atoms with Gasteiger partial charge in [0.05, 0.1) is 26.4 Å². The van der Waals surface area contributed by atoms with Crippen molar-refractivity contribution < 1.29 is 64.9 Å². The molecule has 0 aromatic heterocycles. The monoisotopic (exact) mass is 416 g/mol. The minimum absolute atomic E-state index is 0.571. The van der Waals surface area contributed by atoms with Crippen LogP contribution in [0.3, 0.4) is 0 Å². The maximum absolute atomic E-state index is 10.2. The second-order valence-corrected chi connectivity index (χ2v) is 6.63. The second-order valence-electron chi connectivity index (χ2n) is 6.63. The van der Waals surface area contributed by atoms with Gasteiger partial charge in [0.2, 0.25) is 0 Å². The first-order valence-electron chi connectivity index (χ1n) is 8.74. The van der Waals surface area contributed by atoms with Crippen LogP contribution in [0.25, 0.3) is 0 Å². The lowest BCUT2D eigenvalue weighted by Gasteiger charge is -2.28. The fourth-order valence-electron chi connectivity index (χ4n) is 3.03. The molecule has 0 unspecified atom stereocenters. The molecule has 13 nitrogen and oxygen atoms in total. The first kappa shape index (κ1) is 23.8. The van der Waals surface area contributed by atoms with Gasteiger partial charge in [0, 0.05) is 0 Å². The van der Waals surface area contributed by atoms with Gasteiger partial charge in [-0.2, -0.15) is 0 Å². The van der Waals surface area contributed by atoms with Crippen LogP contribution in [0.1, 0.15) is 0 Å². The van der Waals surface area contributed by atoms with Gasteiger partial charge in [0.25, 0.3) is 0 Å². The Morgan fingerprint density at radius 3 is 1.64 bits per heavy atom. The van der Waals surface area contributed by atoms with E-state index in [1.807, 2.05) is 0 Å². The molecular weight excluding hydrogens is 388 g/mol. The molecule has 2 heterocycles. The molecule has 0 radical (unpaired) electrons. The first-order valence-corrected chi connectivity index (χ1v) is 8.74. The van der Waals surface area contributed by atoms with E-state index in [4.69, 9.17) is 34.3 Å². The predicted molar refractivity (Wildman–Crippen MR) is 85.4 cm³/mol. The summed E-state index contributed by atoms with van der Waals surface area (Å²) < 4.78 is 21.0. The molecule has 9 N–H and O–H groups in total. The normalized spacial score (nSPS) is 40.9. The van der Waals surface area contributed by atoms with Crippen LogP contribution >= 0.6 is 0 Å². The van der Waals surface area contributed by atoms with Gasteiger partial charge in [-0.3, -0.25) is 0 Å². The van der Waals surface area contributed by atoms with Crippen molar-refractivity contribution in [2.75, 3.05) is 26.4 Å². The van der Waals surface area contributed by atoms with Crippen LogP contribution in [0.15, 0.2) is 0 Å². The third-order valence-electron chi connectivity index (χ3n) is 4.67. The van der Waals surface area contributed by atoms with E-state index < -0.39 is 93.9 Å². The van der Waals surface area contributed by atoms with Crippen LogP contribution < -0.4 is 0 Å². The minimum atomic E-state index is -1.64. The molecule has 166 valence electrons. The van der Waals surface area contributed by atoms with Crippen LogP contribution in [0.5, 0.6) is 0 Å². The minimum Gasteiger partial charge on any atom is -0.394 e. The second kappa shape index (κ2) is 10.5. The van der Waals surface area contributed by atoms with Crippen molar-refractivity contribution in [3.63, 3.8) is 0 Å². The molecule has 0 bridgehead atoms. The summed E-state index contributed by atoms with van der Waals surface area (Å²) in [6.07, 6.45) is -16.0. The molecule has 10 atom stereocenters. The first-order chi connectivity index (χ1) is 13.3. The van der Waals surface area contributed by atoms with E-state index in [-0.39, 0.29) is 0 Å². The van der Waals surface area contributed by atoms with Crippen LogP contribution in [0, 0.1) is 0 Å². The SMILES string of the molecule is OCC(CO)O[C@@H]1O[C@@H]([C@@H](CO)O[C@@H]2O[C@@H]([C@H](O)CO)[C@H](O)[C@H]2O)[C@H](O)[C@H]1O. The Morgan fingerprint density at radius 2 is 1.14 bits per heavy atom. The molecular formula is C15H28O13. The van der Waals surface area contributed by atoms with Gasteiger partial charge in [-0.05, 0) is 0 Å². The highest BCUT2D eigenvalue weighted by Gasteiger charge is 2.52. The van der Waals surface area contributed by atoms with E-state index in [1.54, 1.807) is 0 Å². The average Bonchev–Trinajstić information content (AvgIpc) is 3.14. The Balaban J connectivity index is 2.02. The smallest absolute Gasteiger partial charge is 0.187 e. The van der Waals surface area contributed by atoms with Gasteiger partial charge < -0.3 is 64.9 Å². The summed E-state index contributed by atoms with van der Waals surface area (Å²) in [5, 5.41) is 86.3. The molecule has 2 saturated heterocycles. The van der Waals surface area contributed by atoms with E-state index in [0.717, 1.165) is 0 Å². The largest absolute Gasteiger partial charge is 0.394 e. The number of hydrogen-bond acceptors (Lipinski definition) is 13. The Kier molecular flexibility index (Phi) is 8.90. The molecule has 0 spiro atoms. The number of rotatable bonds is 10. The van der Waals surface area contributed by atoms with Gasteiger partial charge >= 0.3 is 0 Å². The van der Waals surface area contributed by atoms with Crippen LogP contribution in [-0.4, -0.2) is 140 Å². The zero-order valence-electron chi connectivity index (χ0n) is 14.8. The van der Waals surface area contributed by atoms with Crippen molar-refractivity contribution in [3.8, 4) is 0 Å². The van der Waals surface area contributed by atoms with Crippen LogP contribution in [0.4, 0.5) is 0 Å². The molecule has 13 heteroatoms. The summed E-state index contributed by atoms with van der Waals surface area (Å²) in [4.78, 5) is 0. The summed E-state index contributed by atoms with van der Waals surface area (Å²) in [6, 6.07) is 0. The third-order valence-corrected chi connectivity index (χ3v) is 4.67. The fourth-order valence-corrected chi connectivity index (χ4v) is 3.03. The lowest BCUT2D eigenvalue weighted by Crippen LogP contribution is -2.46. The molecule has 0 aromatic carbocycles. The predicted octanol–water partition coefficient (Wildman–Crippen LogP) is -6.02. The topological polar surface area (TPSA) is 219 Å². The van der Waals surface area contributed by atoms with Crippen molar-refractivity contribution in [2.24, 2.45) is 0 Å². The van der Waals surface area contributed by atoms with Gasteiger partial charge in [-0.25, -0.2) is 0 Å². The number of aliphatic hydroxyl groups is 9. The highest BCUT2D eigenvalue weighted by molar-refractivity contribution is 4.95. The highest BCUT2D eigenvalue weighted by atomic mass is 16.7. The summed E-state index contributed by atoms with van der Waals surface area (Å²) in [5.41, 5.74) is 0. The van der Waals surface area contributed by atoms with E-state index >= 15 is 0 Å². The van der Waals surface area contributed by atoms with Gasteiger partial charge in [0.1, 0.15) is 54.9 Å². The molecule has 2 rings (SSSR count). The molecule has 2 aliphatic rings. The number of aliphatic hydroxyl groups excluding tert-OH is 9. The summed E-state index contributed by atoms with van der Waals surface area (Å²) in [6.45, 7) is -2.63. The van der Waals surface area contributed by atoms with E-state index in [9.17, 15) is 30.6 Å². The third kappa shape index (κ3) is 4.96. The average molecular weight is 416 g/mol. The number of ether oxygens (including phenoxy) is 4. The fraction of sp³-hybridized carbons (Fsp3) is 1.00. The molecule has 2 fully saturated rings. The lowest BCUT2D eigenvalue weighted by atomic mass is 10.1. The van der Waals surface area contributed by atoms with Gasteiger partial charge in [0.15, 0.2) is 12.6 Å². The Labute approximate surface area is 159 Å². The van der Waals surface area contributed by atoms with Gasteiger partial charge in [-0.15, -0.1) is 0 Å². The number of hydrogen-bond donors (Lipinski definition) is 9. The van der Waals surface area contributed by atoms with E-state index in [0.29, 0.717) is 0 Å². The summed E-state index contributed by atoms with van der Waals surface area (Å²) in [5.74, 6) is 0. The Morgan fingerprint density at radius 1 is 0.643 bits per heavy atom. The van der Waals surface area contributed by atoms with Crippen LogP contribution in [0.2, 0.25) is 0 Å². The Bertz CT molecular complexity index is 463. The molecule has 2 aliphatic heterocycles. The summed E-state index contributed by atoms with van der Waals surface area (Å²) in [7, 11) is 0. The zero-order chi connectivity index (χ0) is 21.0. The van der Waals surface area contributed by atoms with Crippen molar-refractivity contribution in [1.82, 2.24) is 0 Å². The van der Waals surface area contributed by atoms with Crippen molar-refractivity contribution >= 4 is 0 Å². The van der Waals surface area contributed by atoms with Crippen LogP contribution in [-0.2, 0) is 18.9 Å². The summed E-state index contributed by atoms with van der Waals surface area (Å²) >= 11 is 0. The quantitative estimate of drug-likeness (QED) is 0.162. The Hall–Kier alpha value is -0.520. The standard InChI is InChI=1S/C15H28O13/c16-1-5(2-17)25-14-11(24)9(22)13(28-14)7(4-19)26-15-10(23)8(21)12(27-15)6(20)3-18/h5-24H,1-4H2/t6-,7-,8-,9-,10-,11-,12+,13+,14-,15-/m1/s1. The molecule has 28 heavy (non-hydrogen) atoms. The van der Waals surface area contributed by atoms with Crippen molar-refractivity contribution in [3.05, 3.63) is 0 Å². The maximum Gasteiger partial charge on any atom is 0.187 e. The highest BCUT2D eigenvalue weighted by Crippen LogP contribution is 2.30. The zero-order valence-corrected chi connectivity index (χ0v) is 14.8. The molecule has 0 amide bonds.